The Morgan fingerprint density at radius 2 is 1.10 bits per heavy atom. The quantitative estimate of drug-likeness (QED) is 0.178. The average Bonchev–Trinajstić information content (AvgIpc) is 3.50. The van der Waals surface area contributed by atoms with Gasteiger partial charge in [0.1, 0.15) is 5.82 Å². The molecule has 0 N–H and O–H groups in total. The first kappa shape index (κ1) is 23.6. The largest absolute Gasteiger partial charge is 2.00 e. The maximum atomic E-state index is 4.68. The van der Waals surface area contributed by atoms with Gasteiger partial charge in [-0.1, -0.05) is 71.2 Å². The minimum Gasteiger partial charge on any atom is -0.352 e. The summed E-state index contributed by atoms with van der Waals surface area (Å²) in [4.78, 5) is 9.25. The third-order valence-corrected chi connectivity index (χ3v) is 7.21. The first-order valence-corrected chi connectivity index (χ1v) is 12.6. The Morgan fingerprint density at radius 3 is 1.79 bits per heavy atom. The summed E-state index contributed by atoms with van der Waals surface area (Å²) < 4.78 is 4.46. The fourth-order valence-corrected chi connectivity index (χ4v) is 5.55. The zero-order valence-electron chi connectivity index (χ0n) is 20.7. The summed E-state index contributed by atoms with van der Waals surface area (Å²) in [5.41, 5.74) is 7.05. The molecule has 0 radical (unpaired) electrons. The predicted molar refractivity (Wildman–Crippen MR) is 154 cm³/mol. The summed E-state index contributed by atoms with van der Waals surface area (Å²) in [5.74, 6) is 0.873. The van der Waals surface area contributed by atoms with E-state index < -0.39 is 0 Å². The van der Waals surface area contributed by atoms with E-state index >= 15 is 0 Å². The number of rotatable bonds is 3. The van der Waals surface area contributed by atoms with Crippen molar-refractivity contribution in [1.82, 2.24) is 19.1 Å². The van der Waals surface area contributed by atoms with Crippen molar-refractivity contribution in [1.29, 1.82) is 0 Å². The molecule has 8 rings (SSSR count). The van der Waals surface area contributed by atoms with Gasteiger partial charge in [0.2, 0.25) is 0 Å². The van der Waals surface area contributed by atoms with Gasteiger partial charge in [0.15, 0.2) is 0 Å². The first-order valence-electron chi connectivity index (χ1n) is 12.6. The molecule has 4 heterocycles. The molecule has 39 heavy (non-hydrogen) atoms. The Balaban J connectivity index is 0.00000253. The molecule has 5 heteroatoms. The monoisotopic (exact) mass is 679 g/mol. The van der Waals surface area contributed by atoms with Crippen LogP contribution in [0.1, 0.15) is 0 Å². The molecule has 0 saturated carbocycles. The van der Waals surface area contributed by atoms with Crippen LogP contribution in [0.5, 0.6) is 0 Å². The molecule has 0 aliphatic heterocycles. The molecular weight excluding hydrogens is 659 g/mol. The zero-order valence-corrected chi connectivity index (χ0v) is 22.9. The number of aromatic nitrogens is 4. The van der Waals surface area contributed by atoms with Crippen molar-refractivity contribution in [2.75, 3.05) is 0 Å². The van der Waals surface area contributed by atoms with Crippen molar-refractivity contribution in [3.8, 4) is 22.8 Å². The van der Waals surface area contributed by atoms with Crippen LogP contribution in [0.25, 0.3) is 66.4 Å². The van der Waals surface area contributed by atoms with Crippen molar-refractivity contribution in [2.24, 2.45) is 0 Å². The van der Waals surface area contributed by atoms with Crippen LogP contribution >= 0.6 is 0 Å². The summed E-state index contributed by atoms with van der Waals surface area (Å²) in [6, 6.07) is 45.0. The summed E-state index contributed by atoms with van der Waals surface area (Å²) in [6.45, 7) is 0. The van der Waals surface area contributed by atoms with Gasteiger partial charge in [0.25, 0.3) is 0 Å². The summed E-state index contributed by atoms with van der Waals surface area (Å²) in [6.07, 6.45) is 3.65. The van der Waals surface area contributed by atoms with E-state index in [1.807, 2.05) is 48.8 Å². The topological polar surface area (TPSA) is 35.6 Å². The second-order valence-electron chi connectivity index (χ2n) is 9.35. The number of pyridine rings is 2. The average molecular weight is 680 g/mol. The molecule has 0 spiro atoms. The maximum Gasteiger partial charge on any atom is 2.00 e. The van der Waals surface area contributed by atoms with Gasteiger partial charge in [-0.25, -0.2) is 4.98 Å². The van der Waals surface area contributed by atoms with Crippen molar-refractivity contribution in [2.45, 2.75) is 0 Å². The molecule has 0 fully saturated rings. The van der Waals surface area contributed by atoms with E-state index in [0.29, 0.717) is 0 Å². The molecule has 8 aromatic rings. The van der Waals surface area contributed by atoms with E-state index in [-0.39, 0.29) is 21.1 Å². The number of hydrogen-bond acceptors (Lipinski definition) is 2. The van der Waals surface area contributed by atoms with E-state index in [1.165, 1.54) is 10.8 Å². The van der Waals surface area contributed by atoms with Crippen molar-refractivity contribution in [3.05, 3.63) is 134 Å². The molecule has 0 aliphatic carbocycles. The Morgan fingerprint density at radius 1 is 0.487 bits per heavy atom. The number of hydrogen-bond donors (Lipinski definition) is 0. The number of para-hydroxylation sites is 2. The van der Waals surface area contributed by atoms with Gasteiger partial charge in [0.05, 0.1) is 0 Å². The Bertz CT molecular complexity index is 2130. The third-order valence-electron chi connectivity index (χ3n) is 7.21. The molecule has 0 unspecified atom stereocenters. The molecular formula is C34H20N4Pt. The fraction of sp³-hybridized carbons (Fsp3) is 0. The van der Waals surface area contributed by atoms with E-state index in [1.54, 1.807) is 0 Å². The van der Waals surface area contributed by atoms with Gasteiger partial charge in [-0.05, 0) is 52.3 Å². The SMILES string of the molecule is [Pt+2].[c-]1c(-c2ccccn2)ccc2c3ccccc3n(-c3[c-]c4c(cc3)c3ccccc3n4-c3ccccn3)c12. The molecule has 186 valence electrons. The van der Waals surface area contributed by atoms with Crippen LogP contribution in [0, 0.1) is 12.1 Å². The van der Waals surface area contributed by atoms with Gasteiger partial charge in [-0.15, -0.1) is 41.3 Å². The number of nitrogens with zero attached hydrogens (tertiary/aromatic N) is 4. The molecule has 4 aromatic heterocycles. The normalized spacial score (nSPS) is 11.4. The molecule has 4 nitrogen and oxygen atoms in total. The molecule has 4 aromatic carbocycles. The smallest absolute Gasteiger partial charge is 0.352 e. The second-order valence-corrected chi connectivity index (χ2v) is 9.35. The van der Waals surface area contributed by atoms with E-state index in [9.17, 15) is 0 Å². The molecule has 0 bridgehead atoms. The predicted octanol–water partition coefficient (Wildman–Crippen LogP) is 7.94. The molecule has 0 saturated heterocycles. The van der Waals surface area contributed by atoms with Crippen molar-refractivity contribution >= 4 is 43.6 Å². The number of fused-ring (bicyclic) bond motifs is 6. The standard InChI is InChI=1S/C34H20N4.Pt/c1-3-12-30-25(9-1)27-17-15-23(29-11-5-7-19-35-29)21-32(27)37(30)24-16-18-28-26-10-2-4-13-31(26)38(33(28)22-24)34-14-6-8-20-36-34;/h1-20H;/q-2;+2. The van der Waals surface area contributed by atoms with Gasteiger partial charge < -0.3 is 14.1 Å². The molecule has 0 atom stereocenters. The zero-order chi connectivity index (χ0) is 25.1. The minimum absolute atomic E-state index is 0. The van der Waals surface area contributed by atoms with Crippen LogP contribution in [0.15, 0.2) is 122 Å². The van der Waals surface area contributed by atoms with Crippen LogP contribution in [0.3, 0.4) is 0 Å². The molecule has 0 aliphatic rings. The van der Waals surface area contributed by atoms with Crippen LogP contribution in [-0.4, -0.2) is 19.1 Å². The third kappa shape index (κ3) is 3.64. The van der Waals surface area contributed by atoms with E-state index in [0.717, 1.165) is 55.6 Å². The van der Waals surface area contributed by atoms with Gasteiger partial charge in [0, 0.05) is 23.4 Å². The van der Waals surface area contributed by atoms with Crippen LogP contribution in [-0.2, 0) is 21.1 Å². The summed E-state index contributed by atoms with van der Waals surface area (Å²) in [5, 5.41) is 4.67. The van der Waals surface area contributed by atoms with Crippen LogP contribution in [0.4, 0.5) is 0 Å². The van der Waals surface area contributed by atoms with Crippen molar-refractivity contribution < 1.29 is 21.1 Å². The van der Waals surface area contributed by atoms with E-state index in [2.05, 4.69) is 104 Å². The maximum absolute atomic E-state index is 4.68. The number of benzene rings is 4. The fourth-order valence-electron chi connectivity index (χ4n) is 5.55. The Hall–Kier alpha value is -4.53. The Labute approximate surface area is 239 Å². The van der Waals surface area contributed by atoms with Crippen LogP contribution in [0.2, 0.25) is 0 Å². The van der Waals surface area contributed by atoms with E-state index in [4.69, 9.17) is 0 Å². The summed E-state index contributed by atoms with van der Waals surface area (Å²) >= 11 is 0. The first-order chi connectivity index (χ1) is 18.9. The van der Waals surface area contributed by atoms with Crippen molar-refractivity contribution in [3.63, 3.8) is 0 Å². The second kappa shape index (κ2) is 9.34. The Kier molecular flexibility index (Phi) is 5.64. The van der Waals surface area contributed by atoms with Gasteiger partial charge in [-0.3, -0.25) is 0 Å². The van der Waals surface area contributed by atoms with Gasteiger partial charge in [-0.2, -0.15) is 6.07 Å². The summed E-state index contributed by atoms with van der Waals surface area (Å²) in [7, 11) is 0. The van der Waals surface area contributed by atoms with Crippen LogP contribution < -0.4 is 0 Å². The molecule has 0 amide bonds. The minimum atomic E-state index is 0. The van der Waals surface area contributed by atoms with Gasteiger partial charge >= 0.3 is 21.1 Å².